The van der Waals surface area contributed by atoms with Gasteiger partial charge in [-0.2, -0.15) is 0 Å². The molecule has 0 aliphatic carbocycles. The van der Waals surface area contributed by atoms with E-state index < -0.39 is 16.6 Å². The van der Waals surface area contributed by atoms with E-state index in [0.717, 1.165) is 29.2 Å². The molecule has 26 heavy (non-hydrogen) atoms. The highest BCUT2D eigenvalue weighted by Gasteiger charge is 2.26. The number of piperidine rings is 1. The third kappa shape index (κ3) is 4.40. The maximum atomic E-state index is 12.0. The van der Waals surface area contributed by atoms with Gasteiger partial charge in [-0.15, -0.1) is 0 Å². The van der Waals surface area contributed by atoms with Crippen LogP contribution in [0.1, 0.15) is 33.6 Å². The van der Waals surface area contributed by atoms with Crippen LogP contribution in [0.3, 0.4) is 0 Å². The molecule has 2 heterocycles. The van der Waals surface area contributed by atoms with Gasteiger partial charge in [0, 0.05) is 31.3 Å². The Morgan fingerprint density at radius 3 is 2.92 bits per heavy atom. The summed E-state index contributed by atoms with van der Waals surface area (Å²) in [5.74, 6) is 0. The first-order valence-electron chi connectivity index (χ1n) is 8.51. The summed E-state index contributed by atoms with van der Waals surface area (Å²) in [5, 5.41) is 14.7. The number of amides is 1. The molecule has 0 bridgehead atoms. The van der Waals surface area contributed by atoms with Crippen LogP contribution in [0.25, 0.3) is 10.2 Å². The van der Waals surface area contributed by atoms with Crippen molar-refractivity contribution in [2.45, 2.75) is 45.3 Å². The molecule has 1 N–H and O–H groups in total. The molecule has 2 aromatic rings. The number of ether oxygens (including phenoxy) is 1. The number of alkyl carbamates (subject to hydrolysis) is 1. The average Bonchev–Trinajstić information content (AvgIpc) is 2.96. The summed E-state index contributed by atoms with van der Waals surface area (Å²) in [7, 11) is 0. The molecule has 1 saturated heterocycles. The van der Waals surface area contributed by atoms with Crippen molar-refractivity contribution in [2.75, 3.05) is 18.0 Å². The number of rotatable bonds is 3. The van der Waals surface area contributed by atoms with E-state index in [1.165, 1.54) is 23.5 Å². The Morgan fingerprint density at radius 1 is 1.46 bits per heavy atom. The third-order valence-corrected chi connectivity index (χ3v) is 5.08. The highest BCUT2D eigenvalue weighted by Crippen LogP contribution is 2.32. The number of carbonyl (C=O) groups is 1. The lowest BCUT2D eigenvalue weighted by Crippen LogP contribution is -2.49. The third-order valence-electron chi connectivity index (χ3n) is 3.98. The number of hydrogen-bond donors (Lipinski definition) is 1. The van der Waals surface area contributed by atoms with Crippen molar-refractivity contribution in [2.24, 2.45) is 0 Å². The number of aromatic nitrogens is 1. The first-order valence-corrected chi connectivity index (χ1v) is 9.32. The first-order chi connectivity index (χ1) is 12.2. The second-order valence-corrected chi connectivity index (χ2v) is 8.35. The van der Waals surface area contributed by atoms with Crippen molar-refractivity contribution in [1.29, 1.82) is 0 Å². The minimum Gasteiger partial charge on any atom is -0.444 e. The fraction of sp³-hybridized carbons (Fsp3) is 0.529. The Balaban J connectivity index is 1.70. The quantitative estimate of drug-likeness (QED) is 0.646. The van der Waals surface area contributed by atoms with Crippen LogP contribution < -0.4 is 10.2 Å². The van der Waals surface area contributed by atoms with E-state index in [2.05, 4.69) is 15.2 Å². The normalized spacial score (nSPS) is 18.0. The Labute approximate surface area is 155 Å². The summed E-state index contributed by atoms with van der Waals surface area (Å²) in [5.41, 5.74) is 0.138. The number of fused-ring (bicyclic) bond motifs is 1. The molecule has 1 aromatic carbocycles. The number of benzene rings is 1. The van der Waals surface area contributed by atoms with Crippen molar-refractivity contribution in [3.8, 4) is 0 Å². The van der Waals surface area contributed by atoms with Gasteiger partial charge < -0.3 is 15.0 Å². The summed E-state index contributed by atoms with van der Waals surface area (Å²) in [6, 6.07) is 4.71. The van der Waals surface area contributed by atoms with Gasteiger partial charge in [0.25, 0.3) is 5.69 Å². The molecule has 1 aliphatic rings. The van der Waals surface area contributed by atoms with Gasteiger partial charge in [0.05, 0.1) is 15.1 Å². The lowest BCUT2D eigenvalue weighted by molar-refractivity contribution is -0.384. The van der Waals surface area contributed by atoms with Crippen LogP contribution in [0, 0.1) is 10.1 Å². The van der Waals surface area contributed by atoms with Gasteiger partial charge in [0.2, 0.25) is 0 Å². The molecular formula is C17H22N4O4S. The van der Waals surface area contributed by atoms with E-state index in [0.29, 0.717) is 12.1 Å². The minimum absolute atomic E-state index is 0.0139. The number of hydrogen-bond acceptors (Lipinski definition) is 7. The molecule has 8 nitrogen and oxygen atoms in total. The number of thiazole rings is 1. The average molecular weight is 378 g/mol. The fourth-order valence-electron chi connectivity index (χ4n) is 2.90. The van der Waals surface area contributed by atoms with Crippen LogP contribution in [0.15, 0.2) is 18.2 Å². The first kappa shape index (κ1) is 18.4. The van der Waals surface area contributed by atoms with Gasteiger partial charge in [-0.25, -0.2) is 9.78 Å². The molecule has 140 valence electrons. The van der Waals surface area contributed by atoms with Gasteiger partial charge >= 0.3 is 6.09 Å². The van der Waals surface area contributed by atoms with Crippen molar-refractivity contribution >= 4 is 38.5 Å². The molecule has 1 aliphatic heterocycles. The molecule has 9 heteroatoms. The lowest BCUT2D eigenvalue weighted by atomic mass is 10.1. The minimum atomic E-state index is -0.528. The van der Waals surface area contributed by atoms with Gasteiger partial charge in [-0.05, 0) is 39.7 Å². The molecule has 1 unspecified atom stereocenters. The van der Waals surface area contributed by atoms with Crippen molar-refractivity contribution in [3.05, 3.63) is 28.3 Å². The van der Waals surface area contributed by atoms with Gasteiger partial charge in [0.1, 0.15) is 5.60 Å². The monoisotopic (exact) mass is 378 g/mol. The number of carbonyl (C=O) groups excluding carboxylic acids is 1. The number of nitro groups is 1. The number of nitro benzene ring substituents is 1. The topological polar surface area (TPSA) is 97.6 Å². The summed E-state index contributed by atoms with van der Waals surface area (Å²) in [4.78, 5) is 29.1. The summed E-state index contributed by atoms with van der Waals surface area (Å²) < 4.78 is 6.23. The van der Waals surface area contributed by atoms with Gasteiger partial charge in [-0.3, -0.25) is 10.1 Å². The molecular weight excluding hydrogens is 356 g/mol. The molecule has 1 atom stereocenters. The molecule has 0 spiro atoms. The molecule has 1 amide bonds. The van der Waals surface area contributed by atoms with E-state index in [1.807, 2.05) is 20.8 Å². The zero-order chi connectivity index (χ0) is 18.9. The summed E-state index contributed by atoms with van der Waals surface area (Å²) in [6.45, 7) is 6.98. The van der Waals surface area contributed by atoms with Crippen molar-refractivity contribution < 1.29 is 14.5 Å². The number of non-ortho nitro benzene ring substituents is 1. The van der Waals surface area contributed by atoms with E-state index in [4.69, 9.17) is 4.74 Å². The number of nitrogens with one attached hydrogen (secondary N) is 1. The zero-order valence-electron chi connectivity index (χ0n) is 15.0. The van der Waals surface area contributed by atoms with Gasteiger partial charge in [0.15, 0.2) is 5.13 Å². The van der Waals surface area contributed by atoms with Gasteiger partial charge in [-0.1, -0.05) is 11.3 Å². The predicted octanol–water partition coefficient (Wildman–Crippen LogP) is 3.70. The van der Waals surface area contributed by atoms with Crippen LogP contribution in [0.4, 0.5) is 15.6 Å². The Morgan fingerprint density at radius 2 is 2.23 bits per heavy atom. The van der Waals surface area contributed by atoms with Crippen molar-refractivity contribution in [3.63, 3.8) is 0 Å². The summed E-state index contributed by atoms with van der Waals surface area (Å²) in [6.07, 6.45) is 1.40. The van der Waals surface area contributed by atoms with Crippen LogP contribution in [0.2, 0.25) is 0 Å². The SMILES string of the molecule is CC(C)(C)OC(=O)NC1CCCN(c2nc3cc([N+](=O)[O-])ccc3s2)C1. The standard InChI is InChI=1S/C17H22N4O4S/c1-17(2,3)25-16(22)18-11-5-4-8-20(10-11)15-19-13-9-12(21(23)24)6-7-14(13)26-15/h6-7,9,11H,4-5,8,10H2,1-3H3,(H,18,22). The molecule has 1 fully saturated rings. The summed E-state index contributed by atoms with van der Waals surface area (Å²) >= 11 is 1.50. The molecule has 0 saturated carbocycles. The zero-order valence-corrected chi connectivity index (χ0v) is 15.8. The van der Waals surface area contributed by atoms with E-state index in [-0.39, 0.29) is 11.7 Å². The molecule has 1 aromatic heterocycles. The van der Waals surface area contributed by atoms with E-state index >= 15 is 0 Å². The second-order valence-electron chi connectivity index (χ2n) is 7.34. The highest BCUT2D eigenvalue weighted by molar-refractivity contribution is 7.22. The lowest BCUT2D eigenvalue weighted by Gasteiger charge is -2.33. The van der Waals surface area contributed by atoms with Crippen molar-refractivity contribution in [1.82, 2.24) is 10.3 Å². The highest BCUT2D eigenvalue weighted by atomic mass is 32.1. The van der Waals surface area contributed by atoms with Crippen LogP contribution in [-0.2, 0) is 4.74 Å². The Bertz CT molecular complexity index is 830. The predicted molar refractivity (Wildman–Crippen MR) is 101 cm³/mol. The van der Waals surface area contributed by atoms with Crippen LogP contribution >= 0.6 is 11.3 Å². The van der Waals surface area contributed by atoms with Crippen LogP contribution in [0.5, 0.6) is 0 Å². The molecule has 0 radical (unpaired) electrons. The smallest absolute Gasteiger partial charge is 0.407 e. The largest absolute Gasteiger partial charge is 0.444 e. The Kier molecular flexibility index (Phi) is 4.99. The number of nitrogens with zero attached hydrogens (tertiary/aromatic N) is 3. The maximum Gasteiger partial charge on any atom is 0.407 e. The Hall–Kier alpha value is -2.42. The second kappa shape index (κ2) is 7.06. The van der Waals surface area contributed by atoms with Crippen LogP contribution in [-0.4, -0.2) is 40.7 Å². The van der Waals surface area contributed by atoms with E-state index in [1.54, 1.807) is 6.07 Å². The maximum absolute atomic E-state index is 12.0. The van der Waals surface area contributed by atoms with E-state index in [9.17, 15) is 14.9 Å². The number of anilines is 1. The molecule has 3 rings (SSSR count). The fourth-order valence-corrected chi connectivity index (χ4v) is 3.88.